The minimum Gasteiger partial charge on any atom is -0.356 e. The number of anilines is 1. The lowest BCUT2D eigenvalue weighted by Crippen LogP contribution is -2.52. The van der Waals surface area contributed by atoms with Gasteiger partial charge in [-0.3, -0.25) is 14.9 Å². The second-order valence-electron chi connectivity index (χ2n) is 9.46. The molecule has 1 atom stereocenters. The van der Waals surface area contributed by atoms with E-state index < -0.39 is 0 Å². The third-order valence-electron chi connectivity index (χ3n) is 7.61. The highest BCUT2D eigenvalue weighted by Gasteiger charge is 2.42. The Morgan fingerprint density at radius 1 is 1.23 bits per heavy atom. The Bertz CT molecular complexity index is 783. The molecule has 1 unspecified atom stereocenters. The van der Waals surface area contributed by atoms with Crippen LogP contribution in [0, 0.1) is 34.8 Å². The lowest BCUT2D eigenvalue weighted by molar-refractivity contribution is -0.385. The Kier molecular flexibility index (Phi) is 6.25. The van der Waals surface area contributed by atoms with Crippen LogP contribution in [-0.4, -0.2) is 46.4 Å². The van der Waals surface area contributed by atoms with Crippen LogP contribution in [0.4, 0.5) is 11.5 Å². The van der Waals surface area contributed by atoms with Crippen LogP contribution in [0.1, 0.15) is 63.9 Å². The average molecular weight is 415 g/mol. The van der Waals surface area contributed by atoms with Gasteiger partial charge in [0.05, 0.1) is 4.92 Å². The normalized spacial score (nSPS) is 26.6. The fraction of sp³-hybridized carbons (Fsp3) is 0.739. The summed E-state index contributed by atoms with van der Waals surface area (Å²) >= 11 is 0. The van der Waals surface area contributed by atoms with Gasteiger partial charge >= 0.3 is 0 Å². The van der Waals surface area contributed by atoms with E-state index >= 15 is 0 Å². The number of fused-ring (bicyclic) bond motifs is 3. The summed E-state index contributed by atoms with van der Waals surface area (Å²) in [5.41, 5.74) is 0.706. The predicted molar refractivity (Wildman–Crippen MR) is 116 cm³/mol. The lowest BCUT2D eigenvalue weighted by atomic mass is 9.64. The Balaban J connectivity index is 1.40. The van der Waals surface area contributed by atoms with Crippen LogP contribution in [0.5, 0.6) is 0 Å². The largest absolute Gasteiger partial charge is 0.356 e. The van der Waals surface area contributed by atoms with E-state index in [1.807, 2.05) is 6.07 Å². The van der Waals surface area contributed by atoms with Gasteiger partial charge in [-0.2, -0.15) is 0 Å². The maximum Gasteiger partial charge on any atom is 0.290 e. The molecule has 0 N–H and O–H groups in total. The second kappa shape index (κ2) is 8.90. The molecule has 2 heterocycles. The van der Waals surface area contributed by atoms with Crippen molar-refractivity contribution in [3.05, 3.63) is 27.9 Å². The summed E-state index contributed by atoms with van der Waals surface area (Å²) in [6.45, 7) is 6.44. The van der Waals surface area contributed by atoms with Crippen molar-refractivity contribution >= 4 is 17.4 Å². The number of carbonyl (C=O) groups excluding carboxylic acids is 1. The van der Waals surface area contributed by atoms with Gasteiger partial charge in [0.2, 0.25) is 5.91 Å². The highest BCUT2D eigenvalue weighted by atomic mass is 16.6. The van der Waals surface area contributed by atoms with Gasteiger partial charge < -0.3 is 9.80 Å². The van der Waals surface area contributed by atoms with Crippen molar-refractivity contribution in [3.8, 4) is 0 Å². The van der Waals surface area contributed by atoms with Crippen LogP contribution in [0.25, 0.3) is 0 Å². The predicted octanol–water partition coefficient (Wildman–Crippen LogP) is 4.33. The Morgan fingerprint density at radius 3 is 2.47 bits per heavy atom. The monoisotopic (exact) mass is 414 g/mol. The van der Waals surface area contributed by atoms with Crippen molar-refractivity contribution in [1.82, 2.24) is 9.88 Å². The van der Waals surface area contributed by atoms with E-state index in [0.29, 0.717) is 23.4 Å². The molecule has 5 rings (SSSR count). The zero-order chi connectivity index (χ0) is 21.3. The van der Waals surface area contributed by atoms with Crippen molar-refractivity contribution in [2.75, 3.05) is 24.5 Å². The smallest absolute Gasteiger partial charge is 0.290 e. The third-order valence-corrected chi connectivity index (χ3v) is 7.61. The van der Waals surface area contributed by atoms with Gasteiger partial charge in [0.15, 0.2) is 0 Å². The molecule has 4 fully saturated rings. The number of hydrogen-bond acceptors (Lipinski definition) is 5. The average Bonchev–Trinajstić information content (AvgIpc) is 2.77. The number of nitro groups is 1. The molecule has 0 spiro atoms. The molecule has 7 nitrogen and oxygen atoms in total. The van der Waals surface area contributed by atoms with Crippen LogP contribution in [0.3, 0.4) is 0 Å². The molecule has 1 amide bonds. The number of aromatic nitrogens is 1. The van der Waals surface area contributed by atoms with Gasteiger partial charge in [-0.05, 0) is 63.4 Å². The molecular formula is C23H34N4O3. The number of piperidine rings is 1. The molecule has 4 aliphatic rings. The number of rotatable bonds is 6. The first kappa shape index (κ1) is 21.1. The fourth-order valence-electron chi connectivity index (χ4n) is 5.91. The molecule has 7 heteroatoms. The summed E-state index contributed by atoms with van der Waals surface area (Å²) in [6.07, 6.45) is 10.5. The van der Waals surface area contributed by atoms with Gasteiger partial charge in [0.1, 0.15) is 12.0 Å². The van der Waals surface area contributed by atoms with Crippen molar-refractivity contribution in [2.24, 2.45) is 17.8 Å². The summed E-state index contributed by atoms with van der Waals surface area (Å²) in [7, 11) is 0. The first-order valence-corrected chi connectivity index (χ1v) is 11.6. The van der Waals surface area contributed by atoms with Gasteiger partial charge in [0.25, 0.3) is 5.69 Å². The molecule has 0 radical (unpaired) electrons. The van der Waals surface area contributed by atoms with E-state index in [1.54, 1.807) is 6.92 Å². The molecule has 3 saturated carbocycles. The lowest BCUT2D eigenvalue weighted by Gasteiger charge is -2.46. The van der Waals surface area contributed by atoms with E-state index in [9.17, 15) is 14.9 Å². The number of nitrogens with zero attached hydrogens (tertiary/aromatic N) is 4. The molecule has 164 valence electrons. The SMILES string of the molecule is CCCN(C(=O)C1CC2CCC1CC2)C1CCN(c2cc(C)c([N+](=O)[O-])cn2)CC1. The third kappa shape index (κ3) is 4.16. The highest BCUT2D eigenvalue weighted by molar-refractivity contribution is 5.80. The standard InChI is InChI=1S/C23H34N4O3/c1-3-10-26(23(28)20-14-17-4-6-18(20)7-5-17)19-8-11-25(12-9-19)22-13-16(2)21(15-24-22)27(29)30/h13,15,17-20H,3-12,14H2,1-2H3. The zero-order valence-electron chi connectivity index (χ0n) is 18.3. The molecule has 2 bridgehead atoms. The van der Waals surface area contributed by atoms with Crippen molar-refractivity contribution in [3.63, 3.8) is 0 Å². The van der Waals surface area contributed by atoms with E-state index in [-0.39, 0.29) is 16.5 Å². The van der Waals surface area contributed by atoms with Crippen molar-refractivity contribution in [2.45, 2.75) is 71.3 Å². The first-order valence-electron chi connectivity index (χ1n) is 11.6. The highest BCUT2D eigenvalue weighted by Crippen LogP contribution is 2.46. The van der Waals surface area contributed by atoms with Gasteiger partial charge in [-0.25, -0.2) is 4.98 Å². The summed E-state index contributed by atoms with van der Waals surface area (Å²) in [5.74, 6) is 2.84. The minimum atomic E-state index is -0.384. The Labute approximate surface area is 179 Å². The van der Waals surface area contributed by atoms with Crippen LogP contribution in [0.2, 0.25) is 0 Å². The maximum atomic E-state index is 13.5. The molecule has 30 heavy (non-hydrogen) atoms. The summed E-state index contributed by atoms with van der Waals surface area (Å²) in [6, 6.07) is 2.11. The van der Waals surface area contributed by atoms with Crippen LogP contribution in [-0.2, 0) is 4.79 Å². The van der Waals surface area contributed by atoms with E-state index in [1.165, 1.54) is 31.9 Å². The van der Waals surface area contributed by atoms with Gasteiger partial charge in [0, 0.05) is 37.2 Å². The summed E-state index contributed by atoms with van der Waals surface area (Å²) < 4.78 is 0. The molecule has 3 aliphatic carbocycles. The molecule has 1 saturated heterocycles. The van der Waals surface area contributed by atoms with Crippen molar-refractivity contribution < 1.29 is 9.72 Å². The zero-order valence-corrected chi connectivity index (χ0v) is 18.3. The minimum absolute atomic E-state index is 0.0649. The molecule has 1 aromatic heterocycles. The van der Waals surface area contributed by atoms with Crippen molar-refractivity contribution in [1.29, 1.82) is 0 Å². The molecule has 0 aromatic carbocycles. The van der Waals surface area contributed by atoms with Gasteiger partial charge in [-0.1, -0.05) is 19.8 Å². The molecule has 1 aromatic rings. The topological polar surface area (TPSA) is 79.6 Å². The number of hydrogen-bond donors (Lipinski definition) is 0. The van der Waals surface area contributed by atoms with Crippen LogP contribution < -0.4 is 4.90 Å². The fourth-order valence-corrected chi connectivity index (χ4v) is 5.91. The van der Waals surface area contributed by atoms with Gasteiger partial charge in [-0.15, -0.1) is 0 Å². The number of pyridine rings is 1. The van der Waals surface area contributed by atoms with Crippen LogP contribution >= 0.6 is 0 Å². The number of aryl methyl sites for hydroxylation is 1. The number of carbonyl (C=O) groups is 1. The van der Waals surface area contributed by atoms with E-state index in [4.69, 9.17) is 0 Å². The van der Waals surface area contributed by atoms with E-state index in [0.717, 1.165) is 57.1 Å². The molecular weight excluding hydrogens is 380 g/mol. The summed E-state index contributed by atoms with van der Waals surface area (Å²) in [5, 5.41) is 11.0. The quantitative estimate of drug-likeness (QED) is 0.511. The Morgan fingerprint density at radius 2 is 1.93 bits per heavy atom. The number of amides is 1. The Hall–Kier alpha value is -2.18. The first-order chi connectivity index (χ1) is 14.5. The maximum absolute atomic E-state index is 13.5. The molecule has 1 aliphatic heterocycles. The van der Waals surface area contributed by atoms with E-state index in [2.05, 4.69) is 21.7 Å². The summed E-state index contributed by atoms with van der Waals surface area (Å²) in [4.78, 5) is 32.9. The van der Waals surface area contributed by atoms with Crippen LogP contribution in [0.15, 0.2) is 12.3 Å². The second-order valence-corrected chi connectivity index (χ2v) is 9.46.